The highest BCUT2D eigenvalue weighted by molar-refractivity contribution is 5.43. The molecule has 15 heavy (non-hydrogen) atoms. The highest BCUT2D eigenvalue weighted by atomic mass is 16.5. The minimum atomic E-state index is 0.279. The molecule has 1 aliphatic rings. The third-order valence-electron chi connectivity index (χ3n) is 3.29. The number of hydrogen-bond acceptors (Lipinski definition) is 2. The van der Waals surface area contributed by atoms with Gasteiger partial charge in [0.1, 0.15) is 5.75 Å². The van der Waals surface area contributed by atoms with E-state index in [9.17, 15) is 0 Å². The molecule has 1 atom stereocenters. The van der Waals surface area contributed by atoms with Crippen molar-refractivity contribution in [1.29, 1.82) is 0 Å². The minimum absolute atomic E-state index is 0.279. The fourth-order valence-electron chi connectivity index (χ4n) is 2.56. The van der Waals surface area contributed by atoms with E-state index in [0.29, 0.717) is 5.92 Å². The maximum Gasteiger partial charge on any atom is 0.122 e. The molecule has 2 nitrogen and oxygen atoms in total. The van der Waals surface area contributed by atoms with E-state index in [1.165, 1.54) is 24.0 Å². The first-order valence-corrected chi connectivity index (χ1v) is 5.63. The van der Waals surface area contributed by atoms with Gasteiger partial charge in [0.15, 0.2) is 0 Å². The van der Waals surface area contributed by atoms with Crippen molar-refractivity contribution in [2.75, 3.05) is 13.7 Å². The van der Waals surface area contributed by atoms with Gasteiger partial charge in [0.2, 0.25) is 0 Å². The molecule has 0 spiro atoms. The average molecular weight is 206 g/mol. The Hall–Kier alpha value is -1.02. The number of rotatable bonds is 3. The molecule has 1 N–H and O–H groups in total. The molecule has 82 valence electrons. The molecule has 0 saturated carbocycles. The second-order valence-electron chi connectivity index (χ2n) is 4.13. The quantitative estimate of drug-likeness (QED) is 0.823. The Bertz CT molecular complexity index is 333. The molecule has 1 aromatic carbocycles. The van der Waals surface area contributed by atoms with Crippen LogP contribution in [0.25, 0.3) is 0 Å². The maximum absolute atomic E-state index is 9.04. The molecule has 2 heteroatoms. The zero-order valence-electron chi connectivity index (χ0n) is 9.20. The molecular formula is C13H18O2. The Morgan fingerprint density at radius 1 is 1.47 bits per heavy atom. The van der Waals surface area contributed by atoms with Crippen LogP contribution in [0, 0.1) is 0 Å². The predicted molar refractivity (Wildman–Crippen MR) is 60.4 cm³/mol. The Balaban J connectivity index is 2.35. The summed E-state index contributed by atoms with van der Waals surface area (Å²) in [4.78, 5) is 0. The molecule has 1 aliphatic carbocycles. The number of aliphatic hydroxyl groups is 1. The lowest BCUT2D eigenvalue weighted by Crippen LogP contribution is -2.12. The van der Waals surface area contributed by atoms with Crippen molar-refractivity contribution in [2.24, 2.45) is 0 Å². The summed E-state index contributed by atoms with van der Waals surface area (Å²) in [5.41, 5.74) is 2.74. The Morgan fingerprint density at radius 3 is 3.07 bits per heavy atom. The summed E-state index contributed by atoms with van der Waals surface area (Å²) in [6.45, 7) is 0.279. The van der Waals surface area contributed by atoms with Crippen LogP contribution in [0.1, 0.15) is 36.3 Å². The number of ether oxygens (including phenoxy) is 1. The summed E-state index contributed by atoms with van der Waals surface area (Å²) in [5.74, 6) is 1.53. The zero-order valence-corrected chi connectivity index (χ0v) is 9.20. The van der Waals surface area contributed by atoms with Crippen molar-refractivity contribution in [2.45, 2.75) is 31.6 Å². The van der Waals surface area contributed by atoms with Crippen LogP contribution in [0.4, 0.5) is 0 Å². The van der Waals surface area contributed by atoms with Gasteiger partial charge in [-0.2, -0.15) is 0 Å². The van der Waals surface area contributed by atoms with Gasteiger partial charge in [-0.15, -0.1) is 0 Å². The van der Waals surface area contributed by atoms with Crippen LogP contribution in [-0.2, 0) is 6.42 Å². The Kier molecular flexibility index (Phi) is 3.27. The number of benzene rings is 1. The zero-order chi connectivity index (χ0) is 10.7. The summed E-state index contributed by atoms with van der Waals surface area (Å²) < 4.78 is 5.38. The molecular weight excluding hydrogens is 188 g/mol. The molecule has 2 rings (SSSR count). The smallest absolute Gasteiger partial charge is 0.122 e. The van der Waals surface area contributed by atoms with Crippen molar-refractivity contribution >= 4 is 0 Å². The average Bonchev–Trinajstić information content (AvgIpc) is 2.29. The standard InChI is InChI=1S/C13H18O2/c1-15-13-7-3-5-11-10(8-9-14)4-2-6-12(11)13/h3,5,7,10,14H,2,4,6,8-9H2,1H3/t10-/m1/s1. The van der Waals surface area contributed by atoms with Crippen LogP contribution >= 0.6 is 0 Å². The van der Waals surface area contributed by atoms with Crippen molar-refractivity contribution in [3.8, 4) is 5.75 Å². The van der Waals surface area contributed by atoms with Gasteiger partial charge in [-0.3, -0.25) is 0 Å². The molecule has 0 amide bonds. The van der Waals surface area contributed by atoms with Gasteiger partial charge in [-0.1, -0.05) is 12.1 Å². The van der Waals surface area contributed by atoms with Crippen molar-refractivity contribution in [3.05, 3.63) is 29.3 Å². The van der Waals surface area contributed by atoms with Gasteiger partial charge in [-0.25, -0.2) is 0 Å². The monoisotopic (exact) mass is 206 g/mol. The second kappa shape index (κ2) is 4.67. The fourth-order valence-corrected chi connectivity index (χ4v) is 2.56. The lowest BCUT2D eigenvalue weighted by molar-refractivity contribution is 0.269. The number of methoxy groups -OCH3 is 1. The van der Waals surface area contributed by atoms with E-state index in [1.807, 2.05) is 12.1 Å². The lowest BCUT2D eigenvalue weighted by Gasteiger charge is -2.26. The van der Waals surface area contributed by atoms with Crippen LogP contribution in [0.15, 0.2) is 18.2 Å². The second-order valence-corrected chi connectivity index (χ2v) is 4.13. The fraction of sp³-hybridized carbons (Fsp3) is 0.538. The van der Waals surface area contributed by atoms with Crippen molar-refractivity contribution in [1.82, 2.24) is 0 Å². The maximum atomic E-state index is 9.04. The molecule has 0 radical (unpaired) electrons. The summed E-state index contributed by atoms with van der Waals surface area (Å²) in [5, 5.41) is 9.04. The van der Waals surface area contributed by atoms with Gasteiger partial charge in [0.25, 0.3) is 0 Å². The van der Waals surface area contributed by atoms with Gasteiger partial charge in [0.05, 0.1) is 7.11 Å². The van der Waals surface area contributed by atoms with Crippen LogP contribution < -0.4 is 4.74 Å². The van der Waals surface area contributed by atoms with Crippen LogP contribution in [-0.4, -0.2) is 18.8 Å². The van der Waals surface area contributed by atoms with Crippen LogP contribution in [0.2, 0.25) is 0 Å². The Labute approximate surface area is 90.9 Å². The SMILES string of the molecule is COc1cccc2c1CCC[C@@H]2CCO. The van der Waals surface area contributed by atoms with Crippen molar-refractivity contribution in [3.63, 3.8) is 0 Å². The molecule has 0 aliphatic heterocycles. The van der Waals surface area contributed by atoms with E-state index in [-0.39, 0.29) is 6.61 Å². The molecule has 0 aromatic heterocycles. The first-order chi connectivity index (χ1) is 7.36. The number of aliphatic hydroxyl groups excluding tert-OH is 1. The van der Waals surface area contributed by atoms with Gasteiger partial charge in [-0.05, 0) is 48.8 Å². The van der Waals surface area contributed by atoms with Gasteiger partial charge < -0.3 is 9.84 Å². The number of hydrogen-bond donors (Lipinski definition) is 1. The first kappa shape index (κ1) is 10.5. The van der Waals surface area contributed by atoms with E-state index in [1.54, 1.807) is 7.11 Å². The van der Waals surface area contributed by atoms with Crippen LogP contribution in [0.3, 0.4) is 0 Å². The summed E-state index contributed by atoms with van der Waals surface area (Å²) in [7, 11) is 1.73. The van der Waals surface area contributed by atoms with Gasteiger partial charge >= 0.3 is 0 Å². The summed E-state index contributed by atoms with van der Waals surface area (Å²) in [6.07, 6.45) is 4.39. The molecule has 1 aromatic rings. The topological polar surface area (TPSA) is 29.5 Å². The lowest BCUT2D eigenvalue weighted by atomic mass is 9.81. The molecule has 0 heterocycles. The summed E-state index contributed by atoms with van der Waals surface area (Å²) >= 11 is 0. The normalized spacial score (nSPS) is 19.7. The predicted octanol–water partition coefficient (Wildman–Crippen LogP) is 2.50. The highest BCUT2D eigenvalue weighted by Gasteiger charge is 2.21. The molecule has 0 unspecified atom stereocenters. The van der Waals surface area contributed by atoms with E-state index < -0.39 is 0 Å². The van der Waals surface area contributed by atoms with E-state index in [4.69, 9.17) is 9.84 Å². The third-order valence-corrected chi connectivity index (χ3v) is 3.29. The Morgan fingerprint density at radius 2 is 2.33 bits per heavy atom. The van der Waals surface area contributed by atoms with Crippen LogP contribution in [0.5, 0.6) is 5.75 Å². The van der Waals surface area contributed by atoms with E-state index >= 15 is 0 Å². The first-order valence-electron chi connectivity index (χ1n) is 5.63. The molecule has 0 fully saturated rings. The third kappa shape index (κ3) is 2.00. The summed E-state index contributed by atoms with van der Waals surface area (Å²) in [6, 6.07) is 6.25. The molecule has 0 saturated heterocycles. The van der Waals surface area contributed by atoms with Gasteiger partial charge in [0, 0.05) is 6.61 Å². The van der Waals surface area contributed by atoms with E-state index in [2.05, 4.69) is 6.07 Å². The number of fused-ring (bicyclic) bond motifs is 1. The van der Waals surface area contributed by atoms with Crippen molar-refractivity contribution < 1.29 is 9.84 Å². The highest BCUT2D eigenvalue weighted by Crippen LogP contribution is 2.37. The molecule has 0 bridgehead atoms. The van der Waals surface area contributed by atoms with E-state index in [0.717, 1.165) is 18.6 Å². The minimum Gasteiger partial charge on any atom is -0.496 e. The largest absolute Gasteiger partial charge is 0.496 e.